The Labute approximate surface area is 147 Å². The Balaban J connectivity index is 2.64. The molecule has 1 N–H and O–H groups in total. The summed E-state index contributed by atoms with van der Waals surface area (Å²) >= 11 is 9.96. The quantitative estimate of drug-likeness (QED) is 0.530. The van der Waals surface area contributed by atoms with E-state index in [1.807, 2.05) is 25.1 Å². The Kier molecular flexibility index (Phi) is 5.94. The standard InChI is InChI=1S/C15H12Br3F2N/c1-2-21-15(9-7-8(16)3-4-10(9)17)13-12(19)6-5-11(18)14(13)20/h3-7,15,21H,2H2,1H3. The van der Waals surface area contributed by atoms with Crippen LogP contribution in [0.2, 0.25) is 0 Å². The average molecular weight is 484 g/mol. The molecule has 1 unspecified atom stereocenters. The van der Waals surface area contributed by atoms with E-state index in [4.69, 9.17) is 0 Å². The first-order valence-corrected chi connectivity index (χ1v) is 8.65. The van der Waals surface area contributed by atoms with Crippen LogP contribution in [0, 0.1) is 11.6 Å². The van der Waals surface area contributed by atoms with Crippen molar-refractivity contribution in [2.24, 2.45) is 0 Å². The smallest absolute Gasteiger partial charge is 0.145 e. The van der Waals surface area contributed by atoms with Gasteiger partial charge in [0.2, 0.25) is 0 Å². The Morgan fingerprint density at radius 2 is 1.71 bits per heavy atom. The maximum Gasteiger partial charge on any atom is 0.145 e. The van der Waals surface area contributed by atoms with Crippen LogP contribution in [0.1, 0.15) is 24.1 Å². The number of benzene rings is 2. The lowest BCUT2D eigenvalue weighted by Crippen LogP contribution is -2.24. The van der Waals surface area contributed by atoms with Crippen LogP contribution in [0.25, 0.3) is 0 Å². The number of hydrogen-bond acceptors (Lipinski definition) is 1. The molecular weight excluding hydrogens is 472 g/mol. The first-order chi connectivity index (χ1) is 9.95. The fourth-order valence-electron chi connectivity index (χ4n) is 2.11. The molecule has 2 aromatic carbocycles. The fourth-order valence-corrected chi connectivity index (χ4v) is 3.31. The third-order valence-corrected chi connectivity index (χ3v) is 4.87. The zero-order valence-corrected chi connectivity index (χ0v) is 15.8. The number of hydrogen-bond donors (Lipinski definition) is 1. The summed E-state index contributed by atoms with van der Waals surface area (Å²) in [4.78, 5) is 0. The summed E-state index contributed by atoms with van der Waals surface area (Å²) in [7, 11) is 0. The molecule has 0 aliphatic rings. The second-order valence-electron chi connectivity index (χ2n) is 4.41. The van der Waals surface area contributed by atoms with Gasteiger partial charge in [0, 0.05) is 14.5 Å². The van der Waals surface area contributed by atoms with E-state index >= 15 is 0 Å². The van der Waals surface area contributed by atoms with Gasteiger partial charge in [0.1, 0.15) is 11.6 Å². The molecule has 6 heteroatoms. The van der Waals surface area contributed by atoms with E-state index in [0.717, 1.165) is 14.5 Å². The highest BCUT2D eigenvalue weighted by Gasteiger charge is 2.24. The minimum Gasteiger partial charge on any atom is -0.306 e. The molecule has 2 rings (SSSR count). The number of nitrogens with one attached hydrogen (secondary N) is 1. The second-order valence-corrected chi connectivity index (χ2v) is 7.04. The van der Waals surface area contributed by atoms with E-state index in [-0.39, 0.29) is 10.0 Å². The highest BCUT2D eigenvalue weighted by Crippen LogP contribution is 2.35. The van der Waals surface area contributed by atoms with Crippen molar-refractivity contribution in [1.82, 2.24) is 5.32 Å². The maximum absolute atomic E-state index is 14.4. The van der Waals surface area contributed by atoms with Crippen LogP contribution in [-0.4, -0.2) is 6.54 Å². The topological polar surface area (TPSA) is 12.0 Å². The van der Waals surface area contributed by atoms with Gasteiger partial charge in [0.05, 0.1) is 10.5 Å². The van der Waals surface area contributed by atoms with Crippen molar-refractivity contribution < 1.29 is 8.78 Å². The lowest BCUT2D eigenvalue weighted by Gasteiger charge is -2.22. The molecule has 0 radical (unpaired) electrons. The molecule has 2 aromatic rings. The molecule has 112 valence electrons. The van der Waals surface area contributed by atoms with Crippen molar-refractivity contribution in [1.29, 1.82) is 0 Å². The predicted octanol–water partition coefficient (Wildman–Crippen LogP) is 5.95. The average Bonchev–Trinajstić information content (AvgIpc) is 2.45. The van der Waals surface area contributed by atoms with Crippen LogP contribution >= 0.6 is 47.8 Å². The van der Waals surface area contributed by atoms with Gasteiger partial charge in [-0.25, -0.2) is 8.78 Å². The van der Waals surface area contributed by atoms with Gasteiger partial charge in [-0.1, -0.05) is 38.8 Å². The second kappa shape index (κ2) is 7.31. The highest BCUT2D eigenvalue weighted by atomic mass is 79.9. The molecule has 0 fully saturated rings. The van der Waals surface area contributed by atoms with Crippen molar-refractivity contribution >= 4 is 47.8 Å². The van der Waals surface area contributed by atoms with E-state index in [1.165, 1.54) is 12.1 Å². The SMILES string of the molecule is CCNC(c1cc(Br)ccc1Br)c1c(F)ccc(Br)c1F. The summed E-state index contributed by atoms with van der Waals surface area (Å²) in [5.41, 5.74) is 0.771. The molecular formula is C15H12Br3F2N. The summed E-state index contributed by atoms with van der Waals surface area (Å²) in [5, 5.41) is 3.14. The van der Waals surface area contributed by atoms with Gasteiger partial charge in [-0.05, 0) is 58.4 Å². The van der Waals surface area contributed by atoms with E-state index in [9.17, 15) is 8.78 Å². The zero-order valence-electron chi connectivity index (χ0n) is 11.1. The molecule has 0 aliphatic carbocycles. The van der Waals surface area contributed by atoms with E-state index in [2.05, 4.69) is 53.1 Å². The minimum absolute atomic E-state index is 0.00465. The van der Waals surface area contributed by atoms with Gasteiger partial charge in [-0.2, -0.15) is 0 Å². The molecule has 21 heavy (non-hydrogen) atoms. The molecule has 0 amide bonds. The normalized spacial score (nSPS) is 12.5. The molecule has 1 nitrogen and oxygen atoms in total. The summed E-state index contributed by atoms with van der Waals surface area (Å²) < 4.78 is 30.5. The predicted molar refractivity (Wildman–Crippen MR) is 91.4 cm³/mol. The van der Waals surface area contributed by atoms with Crippen molar-refractivity contribution in [2.45, 2.75) is 13.0 Å². The number of rotatable bonds is 4. The molecule has 0 saturated carbocycles. The third kappa shape index (κ3) is 3.73. The van der Waals surface area contributed by atoms with Gasteiger partial charge >= 0.3 is 0 Å². The first kappa shape index (κ1) is 17.1. The molecule has 0 spiro atoms. The summed E-state index contributed by atoms with van der Waals surface area (Å²) in [6.45, 7) is 2.47. The van der Waals surface area contributed by atoms with Crippen LogP contribution in [0.3, 0.4) is 0 Å². The largest absolute Gasteiger partial charge is 0.306 e. The fraction of sp³-hybridized carbons (Fsp3) is 0.200. The van der Waals surface area contributed by atoms with E-state index < -0.39 is 17.7 Å². The molecule has 0 aliphatic heterocycles. The van der Waals surface area contributed by atoms with Gasteiger partial charge < -0.3 is 5.32 Å². The maximum atomic E-state index is 14.4. The van der Waals surface area contributed by atoms with Crippen LogP contribution in [0.5, 0.6) is 0 Å². The minimum atomic E-state index is -0.590. The summed E-state index contributed by atoms with van der Waals surface area (Å²) in [6, 6.07) is 7.60. The molecule has 0 heterocycles. The van der Waals surface area contributed by atoms with Gasteiger partial charge in [0.25, 0.3) is 0 Å². The molecule has 0 saturated heterocycles. The van der Waals surface area contributed by atoms with E-state index in [0.29, 0.717) is 6.54 Å². The lowest BCUT2D eigenvalue weighted by atomic mass is 9.97. The van der Waals surface area contributed by atoms with Crippen molar-refractivity contribution in [3.63, 3.8) is 0 Å². The van der Waals surface area contributed by atoms with Crippen LogP contribution < -0.4 is 5.32 Å². The summed E-state index contributed by atoms with van der Waals surface area (Å²) in [5.74, 6) is -1.17. The Morgan fingerprint density at radius 3 is 2.38 bits per heavy atom. The van der Waals surface area contributed by atoms with Crippen LogP contribution in [-0.2, 0) is 0 Å². The Morgan fingerprint density at radius 1 is 1.05 bits per heavy atom. The molecule has 0 aromatic heterocycles. The van der Waals surface area contributed by atoms with Crippen molar-refractivity contribution in [3.8, 4) is 0 Å². The van der Waals surface area contributed by atoms with Crippen LogP contribution in [0.4, 0.5) is 8.78 Å². The number of halogens is 5. The first-order valence-electron chi connectivity index (χ1n) is 6.27. The monoisotopic (exact) mass is 481 g/mol. The zero-order chi connectivity index (χ0) is 15.6. The lowest BCUT2D eigenvalue weighted by molar-refractivity contribution is 0.506. The Hall–Kier alpha value is -0.300. The van der Waals surface area contributed by atoms with Gasteiger partial charge in [-0.15, -0.1) is 0 Å². The highest BCUT2D eigenvalue weighted by molar-refractivity contribution is 9.11. The Bertz CT molecular complexity index is 662. The van der Waals surface area contributed by atoms with Gasteiger partial charge in [-0.3, -0.25) is 0 Å². The van der Waals surface area contributed by atoms with E-state index in [1.54, 1.807) is 0 Å². The van der Waals surface area contributed by atoms with Crippen molar-refractivity contribution in [3.05, 3.63) is 66.5 Å². The third-order valence-electron chi connectivity index (χ3n) is 3.05. The van der Waals surface area contributed by atoms with Gasteiger partial charge in [0.15, 0.2) is 0 Å². The molecule has 1 atom stereocenters. The molecule has 0 bridgehead atoms. The summed E-state index contributed by atoms with van der Waals surface area (Å²) in [6.07, 6.45) is 0. The van der Waals surface area contributed by atoms with Crippen molar-refractivity contribution in [2.75, 3.05) is 6.54 Å². The van der Waals surface area contributed by atoms with Crippen LogP contribution in [0.15, 0.2) is 43.7 Å².